The maximum absolute atomic E-state index is 11.5. The van der Waals surface area contributed by atoms with E-state index in [1.807, 2.05) is 6.92 Å². The topological polar surface area (TPSA) is 74.7 Å². The van der Waals surface area contributed by atoms with Crippen LogP contribution in [0.4, 0.5) is 0 Å². The zero-order valence-electron chi connectivity index (χ0n) is 11.5. The first-order valence-corrected chi connectivity index (χ1v) is 8.88. The Kier molecular flexibility index (Phi) is 4.20. The molecule has 2 rings (SSSR count). The van der Waals surface area contributed by atoms with E-state index in [2.05, 4.69) is 4.90 Å². The van der Waals surface area contributed by atoms with E-state index in [0.717, 1.165) is 19.4 Å². The van der Waals surface area contributed by atoms with Crippen molar-refractivity contribution in [1.82, 2.24) is 4.90 Å². The first kappa shape index (κ1) is 14.8. The molecule has 110 valence electrons. The highest BCUT2D eigenvalue weighted by atomic mass is 32.2. The highest BCUT2D eigenvalue weighted by Crippen LogP contribution is 2.35. The second-order valence-electron chi connectivity index (χ2n) is 5.90. The van der Waals surface area contributed by atoms with Gasteiger partial charge in [0, 0.05) is 12.6 Å². The standard InChI is InChI=1S/C13H23NO4S/c1-2-13(12(15)16)6-3-7-14(10-13)11-4-8-19(17,18)9-5-11/h11H,2-10H2,1H3,(H,15,16). The summed E-state index contributed by atoms with van der Waals surface area (Å²) in [6.07, 6.45) is 3.58. The minimum absolute atomic E-state index is 0.245. The summed E-state index contributed by atoms with van der Waals surface area (Å²) >= 11 is 0. The number of hydrogen-bond acceptors (Lipinski definition) is 4. The van der Waals surface area contributed by atoms with E-state index in [9.17, 15) is 18.3 Å². The number of aliphatic carboxylic acids is 1. The Hall–Kier alpha value is -0.620. The van der Waals surface area contributed by atoms with Crippen molar-refractivity contribution in [2.24, 2.45) is 5.41 Å². The quantitative estimate of drug-likeness (QED) is 0.843. The van der Waals surface area contributed by atoms with Crippen LogP contribution < -0.4 is 0 Å². The molecule has 2 aliphatic rings. The molecule has 1 N–H and O–H groups in total. The minimum atomic E-state index is -2.85. The second kappa shape index (κ2) is 5.40. The third-order valence-corrected chi connectivity index (χ3v) is 6.49. The number of carboxylic acids is 1. The number of piperidine rings is 1. The Morgan fingerprint density at radius 1 is 1.37 bits per heavy atom. The predicted octanol–water partition coefficient (Wildman–Crippen LogP) is 1.14. The van der Waals surface area contributed by atoms with Crippen LogP contribution in [-0.4, -0.2) is 55.0 Å². The summed E-state index contributed by atoms with van der Waals surface area (Å²) < 4.78 is 22.9. The van der Waals surface area contributed by atoms with E-state index >= 15 is 0 Å². The lowest BCUT2D eigenvalue weighted by Crippen LogP contribution is -2.52. The number of carboxylic acid groups (broad SMARTS) is 1. The summed E-state index contributed by atoms with van der Waals surface area (Å²) in [5.74, 6) is -0.205. The molecule has 2 aliphatic heterocycles. The van der Waals surface area contributed by atoms with Gasteiger partial charge < -0.3 is 5.11 Å². The van der Waals surface area contributed by atoms with Crippen LogP contribution in [0.5, 0.6) is 0 Å². The SMILES string of the molecule is CCC1(C(=O)O)CCCN(C2CCS(=O)(=O)CC2)C1. The van der Waals surface area contributed by atoms with Crippen LogP contribution in [0, 0.1) is 5.41 Å². The van der Waals surface area contributed by atoms with E-state index in [0.29, 0.717) is 25.8 Å². The van der Waals surface area contributed by atoms with Crippen molar-refractivity contribution in [1.29, 1.82) is 0 Å². The van der Waals surface area contributed by atoms with Crippen LogP contribution in [0.25, 0.3) is 0 Å². The molecular formula is C13H23NO4S. The van der Waals surface area contributed by atoms with Crippen molar-refractivity contribution in [2.45, 2.75) is 45.1 Å². The maximum atomic E-state index is 11.5. The van der Waals surface area contributed by atoms with E-state index in [1.54, 1.807) is 0 Å². The third kappa shape index (κ3) is 3.11. The molecule has 0 aromatic carbocycles. The van der Waals surface area contributed by atoms with Gasteiger partial charge in [0.25, 0.3) is 0 Å². The Bertz CT molecular complexity index is 434. The average molecular weight is 289 g/mol. The van der Waals surface area contributed by atoms with Crippen LogP contribution in [0.3, 0.4) is 0 Å². The zero-order chi connectivity index (χ0) is 14.1. The summed E-state index contributed by atoms with van der Waals surface area (Å²) in [6, 6.07) is 0.245. The van der Waals surface area contributed by atoms with Gasteiger partial charge in [-0.1, -0.05) is 6.92 Å². The van der Waals surface area contributed by atoms with Gasteiger partial charge in [-0.2, -0.15) is 0 Å². The lowest BCUT2D eigenvalue weighted by Gasteiger charge is -2.44. The molecule has 0 amide bonds. The third-order valence-electron chi connectivity index (χ3n) is 4.78. The van der Waals surface area contributed by atoms with Crippen molar-refractivity contribution in [2.75, 3.05) is 24.6 Å². The first-order chi connectivity index (χ1) is 8.88. The Morgan fingerprint density at radius 2 is 2.00 bits per heavy atom. The van der Waals surface area contributed by atoms with Gasteiger partial charge >= 0.3 is 5.97 Å². The van der Waals surface area contributed by atoms with Gasteiger partial charge in [0.1, 0.15) is 9.84 Å². The molecular weight excluding hydrogens is 266 g/mol. The normalized spacial score (nSPS) is 33.1. The highest BCUT2D eigenvalue weighted by Gasteiger charge is 2.43. The largest absolute Gasteiger partial charge is 0.481 e. The van der Waals surface area contributed by atoms with Crippen LogP contribution in [-0.2, 0) is 14.6 Å². The van der Waals surface area contributed by atoms with Crippen LogP contribution in [0.15, 0.2) is 0 Å². The fraction of sp³-hybridized carbons (Fsp3) is 0.923. The average Bonchev–Trinajstić information content (AvgIpc) is 2.38. The zero-order valence-corrected chi connectivity index (χ0v) is 12.3. The van der Waals surface area contributed by atoms with E-state index in [1.165, 1.54) is 0 Å². The van der Waals surface area contributed by atoms with Crippen molar-refractivity contribution in [3.8, 4) is 0 Å². The van der Waals surface area contributed by atoms with Crippen molar-refractivity contribution < 1.29 is 18.3 Å². The van der Waals surface area contributed by atoms with Crippen LogP contribution >= 0.6 is 0 Å². The van der Waals surface area contributed by atoms with Gasteiger partial charge in [-0.15, -0.1) is 0 Å². The Morgan fingerprint density at radius 3 is 2.53 bits per heavy atom. The van der Waals surface area contributed by atoms with Crippen molar-refractivity contribution in [3.05, 3.63) is 0 Å². The summed E-state index contributed by atoms with van der Waals surface area (Å²) in [7, 11) is -2.85. The molecule has 0 bridgehead atoms. The molecule has 1 atom stereocenters. The number of hydrogen-bond donors (Lipinski definition) is 1. The number of likely N-dealkylation sites (tertiary alicyclic amines) is 1. The molecule has 0 aromatic rings. The van der Waals surface area contributed by atoms with Gasteiger partial charge in [0.15, 0.2) is 0 Å². The van der Waals surface area contributed by atoms with Crippen molar-refractivity contribution in [3.63, 3.8) is 0 Å². The summed E-state index contributed by atoms with van der Waals surface area (Å²) in [4.78, 5) is 13.7. The minimum Gasteiger partial charge on any atom is -0.481 e. The summed E-state index contributed by atoms with van der Waals surface area (Å²) in [5.41, 5.74) is -0.630. The van der Waals surface area contributed by atoms with Gasteiger partial charge in [-0.3, -0.25) is 9.69 Å². The molecule has 0 spiro atoms. The molecule has 6 heteroatoms. The summed E-state index contributed by atoms with van der Waals surface area (Å²) in [5, 5.41) is 9.47. The molecule has 2 saturated heterocycles. The molecule has 5 nitrogen and oxygen atoms in total. The van der Waals surface area contributed by atoms with Gasteiger partial charge in [0.2, 0.25) is 0 Å². The van der Waals surface area contributed by atoms with Gasteiger partial charge in [-0.25, -0.2) is 8.42 Å². The number of carbonyl (C=O) groups is 1. The summed E-state index contributed by atoms with van der Waals surface area (Å²) in [6.45, 7) is 3.41. The van der Waals surface area contributed by atoms with Gasteiger partial charge in [0.05, 0.1) is 16.9 Å². The van der Waals surface area contributed by atoms with E-state index in [-0.39, 0.29) is 17.5 Å². The molecule has 2 fully saturated rings. The van der Waals surface area contributed by atoms with Crippen LogP contribution in [0.1, 0.15) is 39.0 Å². The molecule has 0 aromatic heterocycles. The lowest BCUT2D eigenvalue weighted by atomic mass is 9.77. The fourth-order valence-electron chi connectivity index (χ4n) is 3.34. The fourth-order valence-corrected chi connectivity index (χ4v) is 4.80. The number of nitrogens with zero attached hydrogens (tertiary/aromatic N) is 1. The number of rotatable bonds is 3. The van der Waals surface area contributed by atoms with E-state index < -0.39 is 21.2 Å². The van der Waals surface area contributed by atoms with Crippen molar-refractivity contribution >= 4 is 15.8 Å². The molecule has 0 aliphatic carbocycles. The Labute approximate surface area is 114 Å². The molecule has 0 saturated carbocycles. The smallest absolute Gasteiger partial charge is 0.310 e. The molecule has 2 heterocycles. The van der Waals surface area contributed by atoms with Crippen LogP contribution in [0.2, 0.25) is 0 Å². The first-order valence-electron chi connectivity index (χ1n) is 7.06. The number of sulfone groups is 1. The Balaban J connectivity index is 2.04. The van der Waals surface area contributed by atoms with E-state index in [4.69, 9.17) is 0 Å². The maximum Gasteiger partial charge on any atom is 0.310 e. The second-order valence-corrected chi connectivity index (χ2v) is 8.20. The monoisotopic (exact) mass is 289 g/mol. The van der Waals surface area contributed by atoms with Gasteiger partial charge in [-0.05, 0) is 38.6 Å². The molecule has 1 unspecified atom stereocenters. The molecule has 19 heavy (non-hydrogen) atoms. The molecule has 0 radical (unpaired) electrons. The predicted molar refractivity (Wildman–Crippen MR) is 72.8 cm³/mol. The lowest BCUT2D eigenvalue weighted by molar-refractivity contribution is -0.153. The highest BCUT2D eigenvalue weighted by molar-refractivity contribution is 7.91.